The molecule has 0 amide bonds. The molecule has 268 valence electrons. The van der Waals surface area contributed by atoms with Crippen LogP contribution in [0.2, 0.25) is 0 Å². The first kappa shape index (κ1) is 30.4. The molecule has 0 aliphatic heterocycles. The van der Waals surface area contributed by atoms with E-state index in [4.69, 9.17) is 8.83 Å². The van der Waals surface area contributed by atoms with Gasteiger partial charge < -0.3 is 18.0 Å². The first-order valence-electron chi connectivity index (χ1n) is 19.8. The highest BCUT2D eigenvalue weighted by atomic mass is 16.3. The maximum atomic E-state index is 6.82. The molecule has 0 bridgehead atoms. The molecule has 0 aliphatic carbocycles. The molecule has 0 saturated carbocycles. The van der Waals surface area contributed by atoms with E-state index in [0.29, 0.717) is 0 Å². The van der Waals surface area contributed by atoms with Crippen LogP contribution >= 0.6 is 0 Å². The third kappa shape index (κ3) is 3.84. The molecule has 4 heteroatoms. The molecular weight excluding hydrogens is 709 g/mol. The number of nitrogens with zero attached hydrogens (tertiary/aromatic N) is 2. The van der Waals surface area contributed by atoms with Crippen molar-refractivity contribution >= 4 is 109 Å². The van der Waals surface area contributed by atoms with E-state index < -0.39 is 0 Å². The highest BCUT2D eigenvalue weighted by Gasteiger charge is 2.23. The van der Waals surface area contributed by atoms with E-state index >= 15 is 0 Å². The third-order valence-electron chi connectivity index (χ3n) is 12.7. The van der Waals surface area contributed by atoms with Crippen LogP contribution in [0.5, 0.6) is 0 Å². The standard InChI is InChI=1S/C54H30N2O2/c1-2-12-32(13-3-1)55-42-20-6-4-14-34(42)40-30-46-41(29-45(40)55)35-15-5-7-21-43(35)56(46)44-22-11-25-47-52(44)38-27-26-31(28-50(38)58-47)33-16-8-17-36-37-18-9-23-48-53(37)54-39(51(33)36)19-10-24-49(54)57-48/h1-30H. The lowest BCUT2D eigenvalue weighted by molar-refractivity contribution is 0.668. The van der Waals surface area contributed by atoms with E-state index in [1.165, 1.54) is 76.0 Å². The van der Waals surface area contributed by atoms with Crippen molar-refractivity contribution < 1.29 is 8.83 Å². The lowest BCUT2D eigenvalue weighted by atomic mass is 9.89. The Hall–Kier alpha value is -7.82. The van der Waals surface area contributed by atoms with Gasteiger partial charge in [-0.15, -0.1) is 0 Å². The molecule has 58 heavy (non-hydrogen) atoms. The van der Waals surface area contributed by atoms with Crippen LogP contribution in [0.15, 0.2) is 191 Å². The summed E-state index contributed by atoms with van der Waals surface area (Å²) in [6, 6.07) is 65.7. The summed E-state index contributed by atoms with van der Waals surface area (Å²) in [4.78, 5) is 0. The normalized spacial score (nSPS) is 12.5. The van der Waals surface area contributed by atoms with Gasteiger partial charge in [-0.2, -0.15) is 0 Å². The molecule has 0 saturated heterocycles. The fourth-order valence-electron chi connectivity index (χ4n) is 10.3. The van der Waals surface area contributed by atoms with Crippen molar-refractivity contribution in [1.29, 1.82) is 0 Å². The van der Waals surface area contributed by atoms with Gasteiger partial charge in [-0.1, -0.05) is 109 Å². The number of hydrogen-bond donors (Lipinski definition) is 0. The summed E-state index contributed by atoms with van der Waals surface area (Å²) in [7, 11) is 0. The Balaban J connectivity index is 1.03. The molecule has 0 unspecified atom stereocenters. The minimum Gasteiger partial charge on any atom is -0.456 e. The van der Waals surface area contributed by atoms with E-state index in [-0.39, 0.29) is 0 Å². The van der Waals surface area contributed by atoms with Gasteiger partial charge in [0.1, 0.15) is 22.3 Å². The highest BCUT2D eigenvalue weighted by molar-refractivity contribution is 6.35. The first-order valence-corrected chi connectivity index (χ1v) is 19.8. The zero-order chi connectivity index (χ0) is 37.6. The van der Waals surface area contributed by atoms with E-state index in [1.807, 2.05) is 0 Å². The topological polar surface area (TPSA) is 36.1 Å². The van der Waals surface area contributed by atoms with Crippen LogP contribution < -0.4 is 0 Å². The second-order valence-corrected chi connectivity index (χ2v) is 15.6. The van der Waals surface area contributed by atoms with Crippen molar-refractivity contribution in [2.24, 2.45) is 0 Å². The zero-order valence-corrected chi connectivity index (χ0v) is 31.0. The molecule has 10 aromatic carbocycles. The van der Waals surface area contributed by atoms with E-state index in [0.717, 1.165) is 55.6 Å². The molecule has 0 N–H and O–H groups in total. The van der Waals surface area contributed by atoms with Crippen LogP contribution in [0.3, 0.4) is 0 Å². The van der Waals surface area contributed by atoms with Gasteiger partial charge >= 0.3 is 0 Å². The molecule has 0 aliphatic rings. The number of hydrogen-bond acceptors (Lipinski definition) is 2. The van der Waals surface area contributed by atoms with Crippen molar-refractivity contribution in [3.05, 3.63) is 182 Å². The predicted molar refractivity (Wildman–Crippen MR) is 241 cm³/mol. The molecule has 4 nitrogen and oxygen atoms in total. The fourth-order valence-corrected chi connectivity index (χ4v) is 10.3. The van der Waals surface area contributed by atoms with Crippen molar-refractivity contribution in [3.63, 3.8) is 0 Å². The van der Waals surface area contributed by atoms with Gasteiger partial charge in [0.2, 0.25) is 0 Å². The van der Waals surface area contributed by atoms with Gasteiger partial charge in [0.25, 0.3) is 0 Å². The molecule has 14 rings (SSSR count). The largest absolute Gasteiger partial charge is 0.456 e. The highest BCUT2D eigenvalue weighted by Crippen LogP contribution is 2.47. The van der Waals surface area contributed by atoms with Crippen LogP contribution in [-0.2, 0) is 0 Å². The van der Waals surface area contributed by atoms with Crippen molar-refractivity contribution in [2.75, 3.05) is 0 Å². The molecule has 4 heterocycles. The number of aromatic nitrogens is 2. The van der Waals surface area contributed by atoms with Crippen LogP contribution in [0.4, 0.5) is 0 Å². The van der Waals surface area contributed by atoms with E-state index in [2.05, 4.69) is 191 Å². The number of fused-ring (bicyclic) bond motifs is 12. The average Bonchev–Trinajstić information content (AvgIpc) is 4.03. The molecule has 0 radical (unpaired) electrons. The second kappa shape index (κ2) is 10.9. The second-order valence-electron chi connectivity index (χ2n) is 15.6. The van der Waals surface area contributed by atoms with Crippen molar-refractivity contribution in [1.82, 2.24) is 9.13 Å². The summed E-state index contributed by atoms with van der Waals surface area (Å²) in [5, 5.41) is 14.4. The average molecular weight is 739 g/mol. The molecular formula is C54H30N2O2. The van der Waals surface area contributed by atoms with Crippen LogP contribution in [0, 0.1) is 0 Å². The van der Waals surface area contributed by atoms with Gasteiger partial charge in [0, 0.05) is 43.4 Å². The summed E-state index contributed by atoms with van der Waals surface area (Å²) in [5.74, 6) is 0. The monoisotopic (exact) mass is 738 g/mol. The zero-order valence-electron chi connectivity index (χ0n) is 31.0. The number of furan rings is 2. The Morgan fingerprint density at radius 2 is 0.845 bits per heavy atom. The van der Waals surface area contributed by atoms with Crippen molar-refractivity contribution in [3.8, 4) is 22.5 Å². The van der Waals surface area contributed by atoms with Crippen LogP contribution in [0.1, 0.15) is 0 Å². The smallest absolute Gasteiger partial charge is 0.137 e. The summed E-state index contributed by atoms with van der Waals surface area (Å²) >= 11 is 0. The Morgan fingerprint density at radius 1 is 0.293 bits per heavy atom. The minimum atomic E-state index is 0.867. The summed E-state index contributed by atoms with van der Waals surface area (Å²) in [5.41, 5.74) is 12.9. The molecule has 14 aromatic rings. The van der Waals surface area contributed by atoms with Gasteiger partial charge in [0.05, 0.1) is 33.1 Å². The summed E-state index contributed by atoms with van der Waals surface area (Å²) in [6.45, 7) is 0. The Labute approximate surface area is 330 Å². The molecule has 0 atom stereocenters. The lowest BCUT2D eigenvalue weighted by Crippen LogP contribution is -1.95. The van der Waals surface area contributed by atoms with Crippen LogP contribution in [0.25, 0.3) is 132 Å². The maximum Gasteiger partial charge on any atom is 0.137 e. The fraction of sp³-hybridized carbons (Fsp3) is 0. The third-order valence-corrected chi connectivity index (χ3v) is 12.7. The summed E-state index contributed by atoms with van der Waals surface area (Å²) < 4.78 is 18.0. The molecule has 4 aromatic heterocycles. The van der Waals surface area contributed by atoms with Crippen LogP contribution in [-0.4, -0.2) is 9.13 Å². The summed E-state index contributed by atoms with van der Waals surface area (Å²) in [6.07, 6.45) is 0. The lowest BCUT2D eigenvalue weighted by Gasteiger charge is -2.13. The molecule has 0 fully saturated rings. The Kier molecular flexibility index (Phi) is 5.73. The van der Waals surface area contributed by atoms with Gasteiger partial charge in [-0.25, -0.2) is 0 Å². The van der Waals surface area contributed by atoms with E-state index in [9.17, 15) is 0 Å². The van der Waals surface area contributed by atoms with Gasteiger partial charge in [-0.3, -0.25) is 0 Å². The molecule has 0 spiro atoms. The van der Waals surface area contributed by atoms with Gasteiger partial charge in [0.15, 0.2) is 0 Å². The number of rotatable bonds is 3. The number of para-hydroxylation sites is 3. The van der Waals surface area contributed by atoms with E-state index in [1.54, 1.807) is 0 Å². The number of benzene rings is 10. The van der Waals surface area contributed by atoms with Gasteiger partial charge in [-0.05, 0) is 105 Å². The predicted octanol–water partition coefficient (Wildman–Crippen LogP) is 15.1. The quantitative estimate of drug-likeness (QED) is 0.169. The SMILES string of the molecule is c1ccc(-n2c3ccccc3c3cc4c(cc32)c2ccccc2n4-c2cccc3oc4cc(-c5cccc6c7cccc8oc9cccc(c56)c9c87)ccc4c23)cc1. The first-order chi connectivity index (χ1) is 28.8. The maximum absolute atomic E-state index is 6.82. The Morgan fingerprint density at radius 3 is 1.60 bits per heavy atom. The minimum absolute atomic E-state index is 0.867. The Bertz CT molecular complexity index is 4030. The van der Waals surface area contributed by atoms with Crippen molar-refractivity contribution in [2.45, 2.75) is 0 Å².